The van der Waals surface area contributed by atoms with Crippen LogP contribution in [0.15, 0.2) is 35.3 Å². The fourth-order valence-electron chi connectivity index (χ4n) is 3.60. The monoisotopic (exact) mass is 338 g/mol. The number of aromatic nitrogens is 5. The highest BCUT2D eigenvalue weighted by atomic mass is 16.1. The fourth-order valence-corrected chi connectivity index (χ4v) is 3.60. The van der Waals surface area contributed by atoms with E-state index in [0.29, 0.717) is 11.6 Å². The smallest absolute Gasteiger partial charge is 0.259 e. The highest BCUT2D eigenvalue weighted by Gasteiger charge is 2.23. The van der Waals surface area contributed by atoms with Gasteiger partial charge in [-0.2, -0.15) is 5.10 Å². The molecule has 0 radical (unpaired) electrons. The van der Waals surface area contributed by atoms with Crippen molar-refractivity contribution in [1.29, 1.82) is 0 Å². The molecule has 0 amide bonds. The van der Waals surface area contributed by atoms with Gasteiger partial charge in [0.25, 0.3) is 5.56 Å². The van der Waals surface area contributed by atoms with Crippen LogP contribution in [0.25, 0.3) is 5.65 Å². The topological polar surface area (TPSA) is 68.3 Å². The van der Waals surface area contributed by atoms with Crippen LogP contribution in [-0.2, 0) is 6.54 Å². The van der Waals surface area contributed by atoms with E-state index in [4.69, 9.17) is 0 Å². The van der Waals surface area contributed by atoms with Crippen molar-refractivity contribution in [2.45, 2.75) is 33.2 Å². The van der Waals surface area contributed by atoms with Crippen molar-refractivity contribution in [3.63, 3.8) is 0 Å². The number of aryl methyl sites for hydroxylation is 2. The van der Waals surface area contributed by atoms with Gasteiger partial charge in [-0.3, -0.25) is 9.20 Å². The highest BCUT2D eigenvalue weighted by Crippen LogP contribution is 2.22. The summed E-state index contributed by atoms with van der Waals surface area (Å²) in [6.07, 6.45) is 4.00. The zero-order valence-electron chi connectivity index (χ0n) is 14.6. The Kier molecular flexibility index (Phi) is 3.99. The first-order chi connectivity index (χ1) is 12.1. The van der Waals surface area contributed by atoms with Crippen LogP contribution in [0.4, 0.5) is 5.82 Å². The van der Waals surface area contributed by atoms with Gasteiger partial charge in [0, 0.05) is 31.9 Å². The Morgan fingerprint density at radius 3 is 2.92 bits per heavy atom. The molecule has 0 N–H and O–H groups in total. The van der Waals surface area contributed by atoms with Gasteiger partial charge in [0.05, 0.1) is 0 Å². The highest BCUT2D eigenvalue weighted by molar-refractivity contribution is 5.48. The largest absolute Gasteiger partial charge is 0.356 e. The van der Waals surface area contributed by atoms with Gasteiger partial charge in [0.15, 0.2) is 0 Å². The third-order valence-corrected chi connectivity index (χ3v) is 4.79. The molecule has 0 aliphatic carbocycles. The number of fused-ring (bicyclic) bond motifs is 1. The summed E-state index contributed by atoms with van der Waals surface area (Å²) in [6, 6.07) is 7.25. The number of anilines is 1. The second-order valence-electron chi connectivity index (χ2n) is 6.72. The maximum absolute atomic E-state index is 12.3. The number of rotatable bonds is 3. The summed E-state index contributed by atoms with van der Waals surface area (Å²) in [6.45, 7) is 6.58. The molecule has 0 saturated carbocycles. The van der Waals surface area contributed by atoms with Gasteiger partial charge in [0.1, 0.15) is 23.1 Å². The van der Waals surface area contributed by atoms with Crippen molar-refractivity contribution < 1.29 is 0 Å². The summed E-state index contributed by atoms with van der Waals surface area (Å²) in [5, 5.41) is 4.48. The van der Waals surface area contributed by atoms with Crippen molar-refractivity contribution >= 4 is 11.5 Å². The van der Waals surface area contributed by atoms with E-state index in [1.54, 1.807) is 16.7 Å². The number of nitrogens with zero attached hydrogens (tertiary/aromatic N) is 6. The van der Waals surface area contributed by atoms with Crippen molar-refractivity contribution in [2.24, 2.45) is 5.92 Å². The average Bonchev–Trinajstić information content (AvgIpc) is 2.92. The van der Waals surface area contributed by atoms with E-state index in [9.17, 15) is 4.79 Å². The lowest BCUT2D eigenvalue weighted by Crippen LogP contribution is -2.38. The first-order valence-corrected chi connectivity index (χ1v) is 8.71. The van der Waals surface area contributed by atoms with E-state index in [-0.39, 0.29) is 5.56 Å². The SMILES string of the molecule is Cc1nc(C)n(CC2CCCN(c3cc(=O)n4ccccc4n3)C2)n1. The van der Waals surface area contributed by atoms with Crippen LogP contribution in [0, 0.1) is 19.8 Å². The molecule has 3 aromatic rings. The Morgan fingerprint density at radius 1 is 1.24 bits per heavy atom. The third kappa shape index (κ3) is 3.14. The van der Waals surface area contributed by atoms with E-state index >= 15 is 0 Å². The van der Waals surface area contributed by atoms with Crippen LogP contribution in [0.2, 0.25) is 0 Å². The van der Waals surface area contributed by atoms with Crippen LogP contribution in [0.3, 0.4) is 0 Å². The second kappa shape index (κ2) is 6.31. The summed E-state index contributed by atoms with van der Waals surface area (Å²) >= 11 is 0. The summed E-state index contributed by atoms with van der Waals surface area (Å²) < 4.78 is 3.57. The average molecular weight is 338 g/mol. The quantitative estimate of drug-likeness (QED) is 0.729. The number of pyridine rings is 1. The van der Waals surface area contributed by atoms with Gasteiger partial charge in [0.2, 0.25) is 0 Å². The molecule has 1 unspecified atom stereocenters. The molecule has 1 aliphatic rings. The van der Waals surface area contributed by atoms with Gasteiger partial charge in [-0.25, -0.2) is 14.6 Å². The summed E-state index contributed by atoms with van der Waals surface area (Å²) in [5.74, 6) is 3.02. The van der Waals surface area contributed by atoms with Crippen LogP contribution in [-0.4, -0.2) is 37.2 Å². The van der Waals surface area contributed by atoms with E-state index in [0.717, 1.165) is 49.9 Å². The zero-order chi connectivity index (χ0) is 17.4. The Balaban J connectivity index is 1.57. The van der Waals surface area contributed by atoms with Crippen molar-refractivity contribution in [2.75, 3.05) is 18.0 Å². The summed E-state index contributed by atoms with van der Waals surface area (Å²) in [4.78, 5) is 23.6. The molecule has 1 atom stereocenters. The predicted molar refractivity (Wildman–Crippen MR) is 95.9 cm³/mol. The standard InChI is InChI=1S/C18H22N6O/c1-13-19-14(2)24(21-13)12-15-6-5-8-22(11-15)17-10-18(25)23-9-4-3-7-16(23)20-17/h3-4,7,9-10,15H,5-6,8,11-12H2,1-2H3. The van der Waals surface area contributed by atoms with E-state index in [1.807, 2.05) is 36.7 Å². The minimum Gasteiger partial charge on any atom is -0.356 e. The molecule has 4 heterocycles. The number of hydrogen-bond acceptors (Lipinski definition) is 5. The fraction of sp³-hybridized carbons (Fsp3) is 0.444. The van der Waals surface area contributed by atoms with Gasteiger partial charge >= 0.3 is 0 Å². The lowest BCUT2D eigenvalue weighted by atomic mass is 9.98. The van der Waals surface area contributed by atoms with Crippen LogP contribution in [0.5, 0.6) is 0 Å². The molecule has 1 fully saturated rings. The predicted octanol–water partition coefficient (Wildman–Crippen LogP) is 1.82. The van der Waals surface area contributed by atoms with Gasteiger partial charge in [-0.1, -0.05) is 6.07 Å². The van der Waals surface area contributed by atoms with Crippen molar-refractivity contribution in [3.05, 3.63) is 52.5 Å². The van der Waals surface area contributed by atoms with Crippen LogP contribution in [0.1, 0.15) is 24.5 Å². The van der Waals surface area contributed by atoms with E-state index < -0.39 is 0 Å². The normalized spacial score (nSPS) is 18.0. The number of hydrogen-bond donors (Lipinski definition) is 0. The molecule has 1 saturated heterocycles. The molecule has 130 valence electrons. The Morgan fingerprint density at radius 2 is 2.12 bits per heavy atom. The molecule has 7 heteroatoms. The van der Waals surface area contributed by atoms with Crippen LogP contribution >= 0.6 is 0 Å². The summed E-state index contributed by atoms with van der Waals surface area (Å²) in [7, 11) is 0. The third-order valence-electron chi connectivity index (χ3n) is 4.79. The molecule has 4 rings (SSSR count). The molecule has 0 aromatic carbocycles. The molecular formula is C18H22N6O. The Labute approximate surface area is 145 Å². The van der Waals surface area contributed by atoms with Gasteiger partial charge in [-0.15, -0.1) is 0 Å². The molecule has 7 nitrogen and oxygen atoms in total. The maximum Gasteiger partial charge on any atom is 0.259 e. The van der Waals surface area contributed by atoms with Crippen molar-refractivity contribution in [3.8, 4) is 0 Å². The molecule has 25 heavy (non-hydrogen) atoms. The molecule has 0 spiro atoms. The molecule has 3 aromatic heterocycles. The molecular weight excluding hydrogens is 316 g/mol. The van der Waals surface area contributed by atoms with Gasteiger partial charge < -0.3 is 4.90 Å². The lowest BCUT2D eigenvalue weighted by molar-refractivity contribution is 0.346. The second-order valence-corrected chi connectivity index (χ2v) is 6.72. The minimum atomic E-state index is -0.0366. The van der Waals surface area contributed by atoms with Crippen LogP contribution < -0.4 is 10.5 Å². The zero-order valence-corrected chi connectivity index (χ0v) is 14.6. The Bertz CT molecular complexity index is 960. The number of piperidine rings is 1. The van der Waals surface area contributed by atoms with E-state index in [1.165, 1.54) is 0 Å². The lowest BCUT2D eigenvalue weighted by Gasteiger charge is -2.33. The van der Waals surface area contributed by atoms with E-state index in [2.05, 4.69) is 20.0 Å². The minimum absolute atomic E-state index is 0.0366. The first kappa shape index (κ1) is 15.8. The van der Waals surface area contributed by atoms with Gasteiger partial charge in [-0.05, 0) is 44.7 Å². The molecule has 1 aliphatic heterocycles. The van der Waals surface area contributed by atoms with Crippen molar-refractivity contribution in [1.82, 2.24) is 24.1 Å². The summed E-state index contributed by atoms with van der Waals surface area (Å²) in [5.41, 5.74) is 0.653. The first-order valence-electron chi connectivity index (χ1n) is 8.71. The molecule has 0 bridgehead atoms. The Hall–Kier alpha value is -2.70. The maximum atomic E-state index is 12.3.